The number of ether oxygens (including phenoxy) is 2. The van der Waals surface area contributed by atoms with Crippen LogP contribution in [0.5, 0.6) is 5.75 Å². The zero-order valence-corrected chi connectivity index (χ0v) is 14.7. The Hall–Kier alpha value is -3.21. The minimum atomic E-state index is -0.674. The largest absolute Gasteiger partial charge is 0.423 e. The molecule has 0 aliphatic heterocycles. The number of rotatable bonds is 5. The van der Waals surface area contributed by atoms with Gasteiger partial charge in [0.25, 0.3) is 0 Å². The first-order chi connectivity index (χ1) is 12.3. The zero-order chi connectivity index (χ0) is 19.3. The average molecular weight is 354 g/mol. The van der Waals surface area contributed by atoms with Crippen LogP contribution in [0.1, 0.15) is 25.8 Å². The smallest absolute Gasteiger partial charge is 0.338 e. The fourth-order valence-electron chi connectivity index (χ4n) is 2.02. The Morgan fingerprint density at radius 2 is 1.54 bits per heavy atom. The first-order valence-electron chi connectivity index (χ1n) is 7.90. The van der Waals surface area contributed by atoms with Crippen LogP contribution < -0.4 is 4.74 Å². The van der Waals surface area contributed by atoms with Gasteiger partial charge in [0.1, 0.15) is 11.6 Å². The second kappa shape index (κ2) is 8.25. The van der Waals surface area contributed by atoms with E-state index in [1.807, 2.05) is 0 Å². The van der Waals surface area contributed by atoms with E-state index in [1.165, 1.54) is 13.0 Å². The highest BCUT2D eigenvalue weighted by molar-refractivity contribution is 5.89. The van der Waals surface area contributed by atoms with Crippen molar-refractivity contribution >= 4 is 17.5 Å². The van der Waals surface area contributed by atoms with Crippen molar-refractivity contribution in [3.63, 3.8) is 0 Å². The summed E-state index contributed by atoms with van der Waals surface area (Å²) in [5, 5.41) is 0. The van der Waals surface area contributed by atoms with Crippen molar-refractivity contribution in [2.24, 2.45) is 0 Å². The van der Waals surface area contributed by atoms with Crippen molar-refractivity contribution < 1.29 is 23.5 Å². The third-order valence-electron chi connectivity index (χ3n) is 3.48. The molecule has 0 amide bonds. The van der Waals surface area contributed by atoms with E-state index in [1.54, 1.807) is 43.3 Å². The maximum atomic E-state index is 14.1. The van der Waals surface area contributed by atoms with Crippen LogP contribution in [0.2, 0.25) is 0 Å². The summed E-state index contributed by atoms with van der Waals surface area (Å²) >= 11 is 0. The number of carbonyl (C=O) groups is 2. The van der Waals surface area contributed by atoms with Gasteiger partial charge in [0.05, 0.1) is 0 Å². The van der Waals surface area contributed by atoms with E-state index in [9.17, 15) is 14.0 Å². The van der Waals surface area contributed by atoms with E-state index < -0.39 is 17.8 Å². The van der Waals surface area contributed by atoms with Gasteiger partial charge in [0, 0.05) is 17.6 Å². The summed E-state index contributed by atoms with van der Waals surface area (Å²) < 4.78 is 24.2. The molecule has 26 heavy (non-hydrogen) atoms. The molecule has 0 atom stereocenters. The number of hydrogen-bond donors (Lipinski definition) is 0. The van der Waals surface area contributed by atoms with Crippen molar-refractivity contribution in [2.75, 3.05) is 0 Å². The zero-order valence-electron chi connectivity index (χ0n) is 14.7. The Balaban J connectivity index is 2.13. The normalized spacial score (nSPS) is 13.6. The summed E-state index contributed by atoms with van der Waals surface area (Å²) in [6.45, 7) is 10.1. The van der Waals surface area contributed by atoms with Crippen LogP contribution in [-0.4, -0.2) is 11.9 Å². The summed E-state index contributed by atoms with van der Waals surface area (Å²) in [4.78, 5) is 23.1. The maximum Gasteiger partial charge on any atom is 0.338 e. The summed E-state index contributed by atoms with van der Waals surface area (Å²) in [5.41, 5.74) is 2.05. The first-order valence-corrected chi connectivity index (χ1v) is 7.90. The molecule has 0 saturated heterocycles. The molecule has 0 spiro atoms. The number of carbonyl (C=O) groups excluding carboxylic acids is 2. The Labute approximate surface area is 151 Å². The Morgan fingerprint density at radius 1 is 0.962 bits per heavy atom. The second-order valence-electron chi connectivity index (χ2n) is 5.83. The van der Waals surface area contributed by atoms with Gasteiger partial charge in [-0.25, -0.2) is 14.0 Å². The number of halogens is 1. The third-order valence-corrected chi connectivity index (χ3v) is 3.48. The van der Waals surface area contributed by atoms with Crippen LogP contribution in [0.3, 0.4) is 0 Å². The lowest BCUT2D eigenvalue weighted by Crippen LogP contribution is -2.07. The minimum absolute atomic E-state index is 0.00642. The lowest BCUT2D eigenvalue weighted by atomic mass is 10.0. The molecule has 0 aromatic heterocycles. The molecule has 1 aliphatic carbocycles. The standard InChI is InChI=1S/C21H19FO4/c1-13(2)20(23)25-17-9-5-15(6-10-17)16-7-11-18(22)19(12-8-16)26-21(24)14(3)4/h5-10,12H,1,3,11H2,2,4H3. The van der Waals surface area contributed by atoms with Gasteiger partial charge in [0.15, 0.2) is 5.76 Å². The molecule has 4 nitrogen and oxygen atoms in total. The molecule has 1 aromatic rings. The highest BCUT2D eigenvalue weighted by Gasteiger charge is 2.14. The lowest BCUT2D eigenvalue weighted by Gasteiger charge is -2.06. The summed E-state index contributed by atoms with van der Waals surface area (Å²) in [7, 11) is 0. The molecule has 0 unspecified atom stereocenters. The van der Waals surface area contributed by atoms with Crippen LogP contribution in [0.15, 0.2) is 78.4 Å². The number of hydrogen-bond acceptors (Lipinski definition) is 4. The molecule has 1 aromatic carbocycles. The monoisotopic (exact) mass is 354 g/mol. The van der Waals surface area contributed by atoms with Crippen LogP contribution in [0.25, 0.3) is 5.57 Å². The predicted molar refractivity (Wildman–Crippen MR) is 97.7 cm³/mol. The van der Waals surface area contributed by atoms with E-state index in [2.05, 4.69) is 13.2 Å². The summed E-state index contributed by atoms with van der Waals surface area (Å²) in [6, 6.07) is 6.78. The van der Waals surface area contributed by atoms with Crippen molar-refractivity contribution in [1.82, 2.24) is 0 Å². The number of allylic oxidation sites excluding steroid dienone is 5. The molecule has 0 N–H and O–H groups in total. The Kier molecular flexibility index (Phi) is 6.07. The van der Waals surface area contributed by atoms with Gasteiger partial charge < -0.3 is 9.47 Å². The highest BCUT2D eigenvalue weighted by Crippen LogP contribution is 2.27. The highest BCUT2D eigenvalue weighted by atomic mass is 19.1. The topological polar surface area (TPSA) is 52.6 Å². The van der Waals surface area contributed by atoms with Crippen molar-refractivity contribution in [1.29, 1.82) is 0 Å². The molecule has 0 radical (unpaired) electrons. The van der Waals surface area contributed by atoms with Crippen LogP contribution in [0, 0.1) is 0 Å². The van der Waals surface area contributed by atoms with Crippen LogP contribution in [-0.2, 0) is 14.3 Å². The second-order valence-corrected chi connectivity index (χ2v) is 5.83. The van der Waals surface area contributed by atoms with Gasteiger partial charge >= 0.3 is 11.9 Å². The minimum Gasteiger partial charge on any atom is -0.423 e. The van der Waals surface area contributed by atoms with Crippen LogP contribution >= 0.6 is 0 Å². The van der Waals surface area contributed by atoms with Gasteiger partial charge in [-0.15, -0.1) is 0 Å². The summed E-state index contributed by atoms with van der Waals surface area (Å²) in [5.74, 6) is -1.46. The fourth-order valence-corrected chi connectivity index (χ4v) is 2.02. The molecular formula is C21H19FO4. The third kappa shape index (κ3) is 4.89. The molecule has 134 valence electrons. The van der Waals surface area contributed by atoms with E-state index in [4.69, 9.17) is 9.47 Å². The predicted octanol–water partition coefficient (Wildman–Crippen LogP) is 4.81. The molecular weight excluding hydrogens is 335 g/mol. The van der Waals surface area contributed by atoms with Gasteiger partial charge in [-0.1, -0.05) is 37.4 Å². The Bertz CT molecular complexity index is 855. The van der Waals surface area contributed by atoms with Crippen molar-refractivity contribution in [3.05, 3.63) is 83.9 Å². The fraction of sp³-hybridized carbons (Fsp3) is 0.143. The average Bonchev–Trinajstić information content (AvgIpc) is 2.78. The Morgan fingerprint density at radius 3 is 2.12 bits per heavy atom. The molecule has 1 aliphatic rings. The number of benzene rings is 1. The van der Waals surface area contributed by atoms with Gasteiger partial charge in [-0.05, 0) is 43.2 Å². The van der Waals surface area contributed by atoms with E-state index in [0.717, 1.165) is 11.1 Å². The van der Waals surface area contributed by atoms with Gasteiger partial charge in [0.2, 0.25) is 0 Å². The molecule has 2 rings (SSSR count). The van der Waals surface area contributed by atoms with E-state index >= 15 is 0 Å². The van der Waals surface area contributed by atoms with Crippen molar-refractivity contribution in [2.45, 2.75) is 20.3 Å². The number of esters is 2. The molecule has 0 bridgehead atoms. The molecule has 0 saturated carbocycles. The molecule has 0 heterocycles. The van der Waals surface area contributed by atoms with E-state index in [0.29, 0.717) is 11.3 Å². The SMILES string of the molecule is C=C(C)C(=O)OC1=C(F)CC=C(c2ccc(OC(=O)C(=C)C)cc2)C=C1. The van der Waals surface area contributed by atoms with Gasteiger partial charge in [-0.2, -0.15) is 0 Å². The maximum absolute atomic E-state index is 14.1. The first kappa shape index (κ1) is 19.1. The van der Waals surface area contributed by atoms with Crippen LogP contribution in [0.4, 0.5) is 4.39 Å². The van der Waals surface area contributed by atoms with Gasteiger partial charge in [-0.3, -0.25) is 0 Å². The molecule has 5 heteroatoms. The quantitative estimate of drug-likeness (QED) is 0.432. The lowest BCUT2D eigenvalue weighted by molar-refractivity contribution is -0.134. The summed E-state index contributed by atoms with van der Waals surface area (Å²) in [6.07, 6.45) is 4.74. The van der Waals surface area contributed by atoms with Crippen molar-refractivity contribution in [3.8, 4) is 5.75 Å². The van der Waals surface area contributed by atoms with E-state index in [-0.39, 0.29) is 17.8 Å². The molecule has 0 fully saturated rings.